The van der Waals surface area contributed by atoms with Crippen LogP contribution in [0.3, 0.4) is 0 Å². The SMILES string of the molecule is COc1cc(C=Nc2cc3c4c(c2)[C@H](c2ccccc2)CCN4CC[C@@H]3c2ccccc2)cc(Br)c1OCc1ccccc1. The molecule has 220 valence electrons. The van der Waals surface area contributed by atoms with Crippen molar-refractivity contribution in [1.29, 1.82) is 0 Å². The molecule has 0 fully saturated rings. The molecular formula is C39H35BrN2O2. The van der Waals surface area contributed by atoms with Gasteiger partial charge in [0.2, 0.25) is 0 Å². The quantitative estimate of drug-likeness (QED) is 0.158. The van der Waals surface area contributed by atoms with Gasteiger partial charge in [-0.1, -0.05) is 91.0 Å². The van der Waals surface area contributed by atoms with Crippen LogP contribution in [0.25, 0.3) is 0 Å². The van der Waals surface area contributed by atoms with Gasteiger partial charge >= 0.3 is 0 Å². The first-order chi connectivity index (χ1) is 21.7. The topological polar surface area (TPSA) is 34.1 Å². The lowest BCUT2D eigenvalue weighted by atomic mass is 9.76. The normalized spacial score (nSPS) is 17.4. The van der Waals surface area contributed by atoms with Crippen molar-refractivity contribution in [2.75, 3.05) is 25.1 Å². The fourth-order valence-corrected chi connectivity index (χ4v) is 7.32. The highest BCUT2D eigenvalue weighted by Gasteiger charge is 2.35. The molecule has 0 saturated carbocycles. The van der Waals surface area contributed by atoms with Crippen LogP contribution in [0.1, 0.15) is 58.1 Å². The van der Waals surface area contributed by atoms with Gasteiger partial charge in [-0.15, -0.1) is 0 Å². The minimum absolute atomic E-state index is 0.348. The number of hydrogen-bond donors (Lipinski definition) is 0. The van der Waals surface area contributed by atoms with Crippen LogP contribution in [0, 0.1) is 0 Å². The van der Waals surface area contributed by atoms with Crippen molar-refractivity contribution >= 4 is 33.5 Å². The first-order valence-corrected chi connectivity index (χ1v) is 16.1. The van der Waals surface area contributed by atoms with Crippen molar-refractivity contribution in [2.45, 2.75) is 31.3 Å². The van der Waals surface area contributed by atoms with Gasteiger partial charge in [-0.2, -0.15) is 0 Å². The zero-order valence-corrected chi connectivity index (χ0v) is 26.4. The Kier molecular flexibility index (Phi) is 8.21. The van der Waals surface area contributed by atoms with E-state index in [4.69, 9.17) is 14.5 Å². The maximum atomic E-state index is 6.16. The highest BCUT2D eigenvalue weighted by atomic mass is 79.9. The number of hydrogen-bond acceptors (Lipinski definition) is 4. The van der Waals surface area contributed by atoms with Gasteiger partial charge in [0.15, 0.2) is 11.5 Å². The summed E-state index contributed by atoms with van der Waals surface area (Å²) in [5.74, 6) is 2.05. The first-order valence-electron chi connectivity index (χ1n) is 15.3. The zero-order chi connectivity index (χ0) is 29.9. The summed E-state index contributed by atoms with van der Waals surface area (Å²) < 4.78 is 12.7. The molecule has 0 saturated heterocycles. The van der Waals surface area contributed by atoms with E-state index >= 15 is 0 Å². The predicted octanol–water partition coefficient (Wildman–Crippen LogP) is 9.66. The summed E-state index contributed by atoms with van der Waals surface area (Å²) in [4.78, 5) is 7.68. The molecule has 2 aliphatic heterocycles. The molecule has 0 radical (unpaired) electrons. The Balaban J connectivity index is 1.26. The van der Waals surface area contributed by atoms with E-state index in [1.54, 1.807) is 7.11 Å². The second-order valence-corrected chi connectivity index (χ2v) is 12.4. The fraction of sp³-hybridized carbons (Fsp3) is 0.205. The fourth-order valence-electron chi connectivity index (χ4n) is 6.75. The van der Waals surface area contributed by atoms with Crippen LogP contribution in [-0.4, -0.2) is 26.4 Å². The van der Waals surface area contributed by atoms with Gasteiger partial charge < -0.3 is 14.4 Å². The van der Waals surface area contributed by atoms with Crippen molar-refractivity contribution in [3.63, 3.8) is 0 Å². The number of aliphatic imine (C=N–C) groups is 1. The number of benzene rings is 5. The van der Waals surface area contributed by atoms with E-state index in [9.17, 15) is 0 Å². The number of halogens is 1. The Morgan fingerprint density at radius 2 is 1.34 bits per heavy atom. The molecule has 44 heavy (non-hydrogen) atoms. The molecule has 0 aromatic heterocycles. The van der Waals surface area contributed by atoms with Gasteiger partial charge in [-0.05, 0) is 86.4 Å². The lowest BCUT2D eigenvalue weighted by Gasteiger charge is -2.43. The number of ether oxygens (including phenoxy) is 2. The van der Waals surface area contributed by atoms with E-state index in [0.717, 1.165) is 47.2 Å². The summed E-state index contributed by atoms with van der Waals surface area (Å²) in [7, 11) is 1.67. The molecule has 2 aliphatic rings. The van der Waals surface area contributed by atoms with Gasteiger partial charge in [0.25, 0.3) is 0 Å². The third kappa shape index (κ3) is 5.77. The molecular weight excluding hydrogens is 608 g/mol. The average molecular weight is 644 g/mol. The Bertz CT molecular complexity index is 1700. The van der Waals surface area contributed by atoms with Gasteiger partial charge in [0.1, 0.15) is 6.61 Å². The van der Waals surface area contributed by atoms with Crippen molar-refractivity contribution in [1.82, 2.24) is 0 Å². The van der Waals surface area contributed by atoms with Crippen LogP contribution in [0.2, 0.25) is 0 Å². The molecule has 5 aromatic rings. The summed E-state index contributed by atoms with van der Waals surface area (Å²) in [5, 5.41) is 0. The monoisotopic (exact) mass is 642 g/mol. The molecule has 5 aromatic carbocycles. The second kappa shape index (κ2) is 12.7. The first kappa shape index (κ1) is 28.4. The van der Waals surface area contributed by atoms with Crippen LogP contribution in [0.5, 0.6) is 11.5 Å². The smallest absolute Gasteiger partial charge is 0.175 e. The van der Waals surface area contributed by atoms with E-state index < -0.39 is 0 Å². The Morgan fingerprint density at radius 1 is 0.773 bits per heavy atom. The molecule has 5 heteroatoms. The molecule has 2 atom stereocenters. The highest BCUT2D eigenvalue weighted by molar-refractivity contribution is 9.10. The average Bonchev–Trinajstić information content (AvgIpc) is 3.08. The van der Waals surface area contributed by atoms with Crippen LogP contribution >= 0.6 is 15.9 Å². The van der Waals surface area contributed by atoms with Crippen LogP contribution in [0.4, 0.5) is 11.4 Å². The standard InChI is InChI=1S/C39H35BrN2O2/c1-43-37-22-28(21-36(40)39(37)44-26-27-11-5-2-6-12-27)25-41-31-23-34-32(29-13-7-3-8-14-29)17-19-42-20-18-33(35(24-31)38(34)42)30-15-9-4-10-16-30/h2-16,21-25,32-33H,17-20,26H2,1H3/t32-,33+. The van der Waals surface area contributed by atoms with Gasteiger partial charge in [-0.25, -0.2) is 0 Å². The van der Waals surface area contributed by atoms with Gasteiger partial charge in [0, 0.05) is 36.8 Å². The lowest BCUT2D eigenvalue weighted by molar-refractivity contribution is 0.282. The van der Waals surface area contributed by atoms with Crippen molar-refractivity contribution < 1.29 is 9.47 Å². The second-order valence-electron chi connectivity index (χ2n) is 11.5. The minimum atomic E-state index is 0.348. The Hall–Kier alpha value is -4.35. The van der Waals surface area contributed by atoms with Crippen LogP contribution < -0.4 is 14.4 Å². The van der Waals surface area contributed by atoms with Crippen molar-refractivity contribution in [3.8, 4) is 11.5 Å². The molecule has 0 unspecified atom stereocenters. The van der Waals surface area contributed by atoms with E-state index in [-0.39, 0.29) is 0 Å². The number of rotatable bonds is 8. The predicted molar refractivity (Wildman–Crippen MR) is 183 cm³/mol. The molecule has 0 N–H and O–H groups in total. The van der Waals surface area contributed by atoms with Crippen molar-refractivity contribution in [2.24, 2.45) is 4.99 Å². The third-order valence-corrected chi connectivity index (χ3v) is 9.43. The summed E-state index contributed by atoms with van der Waals surface area (Å²) >= 11 is 3.72. The van der Waals surface area contributed by atoms with Crippen LogP contribution in [0.15, 0.2) is 125 Å². The lowest BCUT2D eigenvalue weighted by Crippen LogP contribution is -2.37. The van der Waals surface area contributed by atoms with Crippen LogP contribution in [-0.2, 0) is 6.61 Å². The highest BCUT2D eigenvalue weighted by Crippen LogP contribution is 2.50. The summed E-state index contributed by atoms with van der Waals surface area (Å²) in [6, 6.07) is 40.7. The molecule has 7 rings (SSSR count). The molecule has 4 nitrogen and oxygen atoms in total. The maximum absolute atomic E-state index is 6.16. The molecule has 0 amide bonds. The van der Waals surface area contributed by atoms with Gasteiger partial charge in [0.05, 0.1) is 17.3 Å². The molecule has 0 aliphatic carbocycles. The zero-order valence-electron chi connectivity index (χ0n) is 24.8. The number of nitrogens with zero attached hydrogens (tertiary/aromatic N) is 2. The van der Waals surface area contributed by atoms with E-state index in [2.05, 4.69) is 106 Å². The minimum Gasteiger partial charge on any atom is -0.493 e. The summed E-state index contributed by atoms with van der Waals surface area (Å²) in [6.45, 7) is 2.62. The summed E-state index contributed by atoms with van der Waals surface area (Å²) in [6.07, 6.45) is 4.14. The van der Waals surface area contributed by atoms with E-state index in [0.29, 0.717) is 29.9 Å². The Labute approximate surface area is 268 Å². The third-order valence-electron chi connectivity index (χ3n) is 8.84. The van der Waals surface area contributed by atoms with Crippen molar-refractivity contribution in [3.05, 3.63) is 153 Å². The van der Waals surface area contributed by atoms with Gasteiger partial charge in [-0.3, -0.25) is 4.99 Å². The largest absolute Gasteiger partial charge is 0.493 e. The molecule has 0 bridgehead atoms. The number of anilines is 1. The van der Waals surface area contributed by atoms with E-state index in [1.165, 1.54) is 27.9 Å². The number of methoxy groups -OCH3 is 1. The molecule has 2 heterocycles. The summed E-state index contributed by atoms with van der Waals surface area (Å²) in [5.41, 5.74) is 9.94. The molecule has 0 spiro atoms. The van der Waals surface area contributed by atoms with E-state index in [1.807, 2.05) is 36.5 Å². The maximum Gasteiger partial charge on any atom is 0.175 e. The Morgan fingerprint density at radius 3 is 1.91 bits per heavy atom.